The number of aromatic nitrogens is 1. The van der Waals surface area contributed by atoms with Crippen molar-refractivity contribution in [1.82, 2.24) is 5.16 Å². The molecule has 2 aromatic rings. The monoisotopic (exact) mass is 292 g/mol. The van der Waals surface area contributed by atoms with E-state index in [2.05, 4.69) is 12.1 Å². The van der Waals surface area contributed by atoms with E-state index < -0.39 is 11.6 Å². The molecule has 1 heterocycles. The van der Waals surface area contributed by atoms with E-state index in [-0.39, 0.29) is 16.8 Å². The second-order valence-electron chi connectivity index (χ2n) is 5.74. The molecule has 1 saturated carbocycles. The van der Waals surface area contributed by atoms with Crippen LogP contribution in [0, 0.1) is 11.6 Å². The van der Waals surface area contributed by atoms with E-state index in [1.807, 2.05) is 0 Å². The molecular formula is C16H18F2N2O. The van der Waals surface area contributed by atoms with E-state index in [0.29, 0.717) is 11.3 Å². The molecule has 0 spiro atoms. The van der Waals surface area contributed by atoms with Gasteiger partial charge < -0.3 is 10.3 Å². The summed E-state index contributed by atoms with van der Waals surface area (Å²) in [6.45, 7) is 2.09. The Hall–Kier alpha value is -1.91. The number of hydrogen-bond acceptors (Lipinski definition) is 3. The molecule has 0 unspecified atom stereocenters. The lowest BCUT2D eigenvalue weighted by atomic mass is 9.78. The van der Waals surface area contributed by atoms with Crippen LogP contribution in [0.1, 0.15) is 44.8 Å². The van der Waals surface area contributed by atoms with Gasteiger partial charge >= 0.3 is 0 Å². The zero-order chi connectivity index (χ0) is 15.0. The topological polar surface area (TPSA) is 52.0 Å². The maximum absolute atomic E-state index is 14.1. The highest BCUT2D eigenvalue weighted by molar-refractivity contribution is 5.77. The van der Waals surface area contributed by atoms with Crippen molar-refractivity contribution in [3.8, 4) is 11.1 Å². The van der Waals surface area contributed by atoms with Crippen molar-refractivity contribution in [2.24, 2.45) is 0 Å². The fourth-order valence-electron chi connectivity index (χ4n) is 3.41. The van der Waals surface area contributed by atoms with Gasteiger partial charge in [0.05, 0.1) is 5.56 Å². The van der Waals surface area contributed by atoms with Crippen LogP contribution < -0.4 is 5.73 Å². The summed E-state index contributed by atoms with van der Waals surface area (Å²) >= 11 is 0. The summed E-state index contributed by atoms with van der Waals surface area (Å²) in [6.07, 6.45) is 5.07. The van der Waals surface area contributed by atoms with Gasteiger partial charge in [-0.3, -0.25) is 0 Å². The molecule has 1 fully saturated rings. The summed E-state index contributed by atoms with van der Waals surface area (Å²) in [5.41, 5.74) is 6.50. The standard InChI is InChI=1S/C16H18F2N2O/c1-2-16(7-3-4-8-16)14-13(15(19)20-21-14)11-6-5-10(17)9-12(11)18/h5-6,9H,2-4,7-8H2,1H3,(H2,19,20). The van der Waals surface area contributed by atoms with Crippen LogP contribution in [-0.2, 0) is 5.41 Å². The minimum absolute atomic E-state index is 0.138. The third kappa shape index (κ3) is 2.20. The zero-order valence-electron chi connectivity index (χ0n) is 12.0. The summed E-state index contributed by atoms with van der Waals surface area (Å²) in [6, 6.07) is 3.48. The number of benzene rings is 1. The third-order valence-corrected chi connectivity index (χ3v) is 4.64. The van der Waals surface area contributed by atoms with Crippen LogP contribution in [0.15, 0.2) is 22.7 Å². The molecule has 0 amide bonds. The maximum Gasteiger partial charge on any atom is 0.175 e. The number of halogens is 2. The Morgan fingerprint density at radius 1 is 1.29 bits per heavy atom. The number of hydrogen-bond donors (Lipinski definition) is 1. The highest BCUT2D eigenvalue weighted by Gasteiger charge is 2.40. The van der Waals surface area contributed by atoms with Gasteiger partial charge in [0.1, 0.15) is 11.6 Å². The maximum atomic E-state index is 14.1. The Labute approximate surface area is 122 Å². The van der Waals surface area contributed by atoms with Gasteiger partial charge in [-0.15, -0.1) is 0 Å². The van der Waals surface area contributed by atoms with Crippen molar-refractivity contribution in [1.29, 1.82) is 0 Å². The molecule has 0 aliphatic heterocycles. The molecule has 0 atom stereocenters. The molecule has 5 heteroatoms. The Morgan fingerprint density at radius 3 is 2.62 bits per heavy atom. The molecule has 0 bridgehead atoms. The van der Waals surface area contributed by atoms with E-state index in [0.717, 1.165) is 38.2 Å². The minimum atomic E-state index is -0.643. The molecule has 3 nitrogen and oxygen atoms in total. The lowest BCUT2D eigenvalue weighted by molar-refractivity contribution is 0.284. The van der Waals surface area contributed by atoms with Crippen LogP contribution in [0.4, 0.5) is 14.6 Å². The Kier molecular flexibility index (Phi) is 3.43. The third-order valence-electron chi connectivity index (χ3n) is 4.64. The first-order chi connectivity index (χ1) is 10.1. The zero-order valence-corrected chi connectivity index (χ0v) is 12.0. The predicted molar refractivity (Wildman–Crippen MR) is 76.7 cm³/mol. The second-order valence-corrected chi connectivity index (χ2v) is 5.74. The number of nitrogens with two attached hydrogens (primary N) is 1. The van der Waals surface area contributed by atoms with E-state index in [1.54, 1.807) is 0 Å². The summed E-state index contributed by atoms with van der Waals surface area (Å²) in [5, 5.41) is 3.84. The van der Waals surface area contributed by atoms with Crippen molar-refractivity contribution >= 4 is 5.82 Å². The van der Waals surface area contributed by atoms with Crippen LogP contribution in [-0.4, -0.2) is 5.16 Å². The Bertz CT molecular complexity index is 660. The second kappa shape index (κ2) is 5.13. The van der Waals surface area contributed by atoms with Crippen LogP contribution >= 0.6 is 0 Å². The fourth-order valence-corrected chi connectivity index (χ4v) is 3.41. The van der Waals surface area contributed by atoms with Gasteiger partial charge in [0, 0.05) is 17.0 Å². The summed E-state index contributed by atoms with van der Waals surface area (Å²) in [5.74, 6) is -0.449. The molecule has 21 heavy (non-hydrogen) atoms. The van der Waals surface area contributed by atoms with Gasteiger partial charge in [-0.05, 0) is 31.4 Å². The largest absolute Gasteiger partial charge is 0.380 e. The van der Waals surface area contributed by atoms with Gasteiger partial charge in [0.15, 0.2) is 11.6 Å². The van der Waals surface area contributed by atoms with Crippen molar-refractivity contribution in [2.75, 3.05) is 5.73 Å². The molecular weight excluding hydrogens is 274 g/mol. The van der Waals surface area contributed by atoms with E-state index >= 15 is 0 Å². The summed E-state index contributed by atoms with van der Waals surface area (Å²) < 4.78 is 32.7. The van der Waals surface area contributed by atoms with E-state index in [4.69, 9.17) is 10.3 Å². The number of rotatable bonds is 3. The van der Waals surface area contributed by atoms with Gasteiger partial charge in [-0.2, -0.15) is 0 Å². The van der Waals surface area contributed by atoms with Gasteiger partial charge in [-0.25, -0.2) is 8.78 Å². The van der Waals surface area contributed by atoms with Gasteiger partial charge in [-0.1, -0.05) is 24.9 Å². The smallest absolute Gasteiger partial charge is 0.175 e. The first kappa shape index (κ1) is 14.0. The quantitative estimate of drug-likeness (QED) is 0.910. The number of anilines is 1. The molecule has 1 aliphatic rings. The lowest BCUT2D eigenvalue weighted by Crippen LogP contribution is -2.21. The molecule has 2 N–H and O–H groups in total. The first-order valence-corrected chi connectivity index (χ1v) is 7.28. The normalized spacial score (nSPS) is 17.3. The summed E-state index contributed by atoms with van der Waals surface area (Å²) in [7, 11) is 0. The number of nitrogens with zero attached hydrogens (tertiary/aromatic N) is 1. The molecule has 1 aliphatic carbocycles. The van der Waals surface area contributed by atoms with Crippen molar-refractivity contribution in [3.63, 3.8) is 0 Å². The van der Waals surface area contributed by atoms with Crippen molar-refractivity contribution in [2.45, 2.75) is 44.4 Å². The number of nitrogen functional groups attached to an aromatic ring is 1. The highest BCUT2D eigenvalue weighted by Crippen LogP contribution is 2.48. The molecule has 0 saturated heterocycles. The summed E-state index contributed by atoms with van der Waals surface area (Å²) in [4.78, 5) is 0. The Morgan fingerprint density at radius 2 is 2.00 bits per heavy atom. The molecule has 0 radical (unpaired) electrons. The molecule has 1 aromatic heterocycles. The van der Waals surface area contributed by atoms with E-state index in [9.17, 15) is 8.78 Å². The molecule has 112 valence electrons. The average molecular weight is 292 g/mol. The van der Waals surface area contributed by atoms with Crippen LogP contribution in [0.25, 0.3) is 11.1 Å². The average Bonchev–Trinajstić information content (AvgIpc) is 3.07. The van der Waals surface area contributed by atoms with Gasteiger partial charge in [0.2, 0.25) is 0 Å². The highest BCUT2D eigenvalue weighted by atomic mass is 19.1. The molecule has 1 aromatic carbocycles. The Balaban J connectivity index is 2.17. The van der Waals surface area contributed by atoms with Gasteiger partial charge in [0.25, 0.3) is 0 Å². The van der Waals surface area contributed by atoms with Crippen molar-refractivity contribution in [3.05, 3.63) is 35.6 Å². The van der Waals surface area contributed by atoms with Crippen LogP contribution in [0.5, 0.6) is 0 Å². The van der Waals surface area contributed by atoms with Crippen molar-refractivity contribution < 1.29 is 13.3 Å². The molecule has 3 rings (SSSR count). The van der Waals surface area contributed by atoms with Crippen LogP contribution in [0.3, 0.4) is 0 Å². The minimum Gasteiger partial charge on any atom is -0.380 e. The van der Waals surface area contributed by atoms with Crippen LogP contribution in [0.2, 0.25) is 0 Å². The fraction of sp³-hybridized carbons (Fsp3) is 0.438. The SMILES string of the molecule is CCC1(c2onc(N)c2-c2ccc(F)cc2F)CCCC1. The van der Waals surface area contributed by atoms with E-state index in [1.165, 1.54) is 12.1 Å². The predicted octanol–water partition coefficient (Wildman–Crippen LogP) is 4.42. The first-order valence-electron chi connectivity index (χ1n) is 7.28. The lowest BCUT2D eigenvalue weighted by Gasteiger charge is -2.25.